The molecule has 0 fully saturated rings. The lowest BCUT2D eigenvalue weighted by atomic mass is 10.2. The van der Waals surface area contributed by atoms with Crippen molar-refractivity contribution in [2.45, 2.75) is 33.4 Å². The lowest BCUT2D eigenvalue weighted by Crippen LogP contribution is -2.36. The molecule has 4 nitrogen and oxygen atoms in total. The van der Waals surface area contributed by atoms with Crippen molar-refractivity contribution in [3.8, 4) is 0 Å². The van der Waals surface area contributed by atoms with E-state index in [1.165, 1.54) is 0 Å². The number of nitrogens with zero attached hydrogens (tertiary/aromatic N) is 3. The van der Waals surface area contributed by atoms with E-state index in [1.807, 2.05) is 72.0 Å². The molecule has 2 heterocycles. The highest BCUT2D eigenvalue weighted by atomic mass is 32.1. The summed E-state index contributed by atoms with van der Waals surface area (Å²) in [4.78, 5) is 20.0. The highest BCUT2D eigenvalue weighted by molar-refractivity contribution is 7.15. The van der Waals surface area contributed by atoms with Gasteiger partial charge in [0.15, 0.2) is 4.96 Å². The maximum atomic E-state index is 12.8. The normalized spacial score (nSPS) is 11.3. The van der Waals surface area contributed by atoms with Gasteiger partial charge in [0, 0.05) is 29.9 Å². The summed E-state index contributed by atoms with van der Waals surface area (Å²) in [5.74, 6) is -0.0193. The predicted octanol–water partition coefficient (Wildman–Crippen LogP) is 3.76. The van der Waals surface area contributed by atoms with Gasteiger partial charge in [0.25, 0.3) is 5.91 Å². The maximum Gasteiger partial charge on any atom is 0.274 e. The quantitative estimate of drug-likeness (QED) is 0.735. The predicted molar refractivity (Wildman–Crippen MR) is 89.3 cm³/mol. The molecule has 0 bridgehead atoms. The van der Waals surface area contributed by atoms with Gasteiger partial charge >= 0.3 is 0 Å². The third kappa shape index (κ3) is 2.76. The van der Waals surface area contributed by atoms with Crippen molar-refractivity contribution in [3.05, 3.63) is 58.9 Å². The van der Waals surface area contributed by atoms with Gasteiger partial charge in [-0.1, -0.05) is 30.3 Å². The highest BCUT2D eigenvalue weighted by Gasteiger charge is 2.22. The number of aryl methyl sites for hydroxylation is 1. The number of carbonyl (C=O) groups is 1. The first-order valence-electron chi connectivity index (χ1n) is 7.34. The average molecular weight is 313 g/mol. The zero-order valence-electron chi connectivity index (χ0n) is 13.0. The van der Waals surface area contributed by atoms with Crippen molar-refractivity contribution < 1.29 is 4.79 Å². The molecule has 1 aromatic carbocycles. The Bertz CT molecular complexity index is 789. The van der Waals surface area contributed by atoms with Crippen LogP contribution >= 0.6 is 11.3 Å². The third-order valence-electron chi connectivity index (χ3n) is 3.69. The molecule has 0 aliphatic carbocycles. The van der Waals surface area contributed by atoms with Crippen LogP contribution in [0.25, 0.3) is 4.96 Å². The van der Waals surface area contributed by atoms with E-state index in [-0.39, 0.29) is 11.9 Å². The molecule has 0 unspecified atom stereocenters. The SMILES string of the molecule is Cc1csc2nc(C(=O)N(Cc3ccccc3)C(C)C)cn12. The first-order chi connectivity index (χ1) is 10.6. The van der Waals surface area contributed by atoms with Crippen LogP contribution < -0.4 is 0 Å². The third-order valence-corrected chi connectivity index (χ3v) is 4.65. The minimum Gasteiger partial charge on any atom is -0.331 e. The van der Waals surface area contributed by atoms with Gasteiger partial charge in [0.05, 0.1) is 0 Å². The number of amides is 1. The highest BCUT2D eigenvalue weighted by Crippen LogP contribution is 2.18. The fourth-order valence-electron chi connectivity index (χ4n) is 2.41. The van der Waals surface area contributed by atoms with Crippen LogP contribution in [-0.2, 0) is 6.54 Å². The lowest BCUT2D eigenvalue weighted by Gasteiger charge is -2.26. The standard InChI is InChI=1S/C17H19N3OS/c1-12(2)19(9-14-7-5-4-6-8-14)16(21)15-10-20-13(3)11-22-17(20)18-15/h4-8,10-12H,9H2,1-3H3. The summed E-state index contributed by atoms with van der Waals surface area (Å²) in [6.07, 6.45) is 1.84. The van der Waals surface area contributed by atoms with Crippen molar-refractivity contribution in [2.24, 2.45) is 0 Å². The number of aromatic nitrogens is 2. The van der Waals surface area contributed by atoms with Gasteiger partial charge in [-0.05, 0) is 26.3 Å². The number of hydrogen-bond acceptors (Lipinski definition) is 3. The van der Waals surface area contributed by atoms with Gasteiger partial charge in [-0.25, -0.2) is 4.98 Å². The Morgan fingerprint density at radius 1 is 1.32 bits per heavy atom. The van der Waals surface area contributed by atoms with Crippen LogP contribution in [0.5, 0.6) is 0 Å². The van der Waals surface area contributed by atoms with Crippen LogP contribution in [0.4, 0.5) is 0 Å². The van der Waals surface area contributed by atoms with E-state index in [4.69, 9.17) is 0 Å². The van der Waals surface area contributed by atoms with Crippen LogP contribution in [0.3, 0.4) is 0 Å². The first kappa shape index (κ1) is 14.8. The second kappa shape index (κ2) is 5.93. The molecule has 22 heavy (non-hydrogen) atoms. The van der Waals surface area contributed by atoms with E-state index in [9.17, 15) is 4.79 Å². The maximum absolute atomic E-state index is 12.8. The summed E-state index contributed by atoms with van der Waals surface area (Å²) in [7, 11) is 0. The Hall–Kier alpha value is -2.14. The minimum absolute atomic E-state index is 0.0193. The van der Waals surface area contributed by atoms with Crippen molar-refractivity contribution in [2.75, 3.05) is 0 Å². The van der Waals surface area contributed by atoms with Gasteiger partial charge in [-0.3, -0.25) is 9.20 Å². The van der Waals surface area contributed by atoms with Crippen LogP contribution in [-0.4, -0.2) is 26.2 Å². The molecule has 0 aliphatic rings. The van der Waals surface area contributed by atoms with E-state index in [1.54, 1.807) is 11.3 Å². The molecule has 1 amide bonds. The minimum atomic E-state index is -0.0193. The number of carbonyl (C=O) groups excluding carboxylic acids is 1. The molecular weight excluding hydrogens is 294 g/mol. The summed E-state index contributed by atoms with van der Waals surface area (Å²) >= 11 is 1.56. The van der Waals surface area contributed by atoms with E-state index in [0.717, 1.165) is 16.2 Å². The number of hydrogen-bond donors (Lipinski definition) is 0. The first-order valence-corrected chi connectivity index (χ1v) is 8.22. The summed E-state index contributed by atoms with van der Waals surface area (Å²) in [5, 5.41) is 2.04. The summed E-state index contributed by atoms with van der Waals surface area (Å²) < 4.78 is 1.97. The molecule has 3 rings (SSSR count). The van der Waals surface area contributed by atoms with Gasteiger partial charge in [0.2, 0.25) is 0 Å². The monoisotopic (exact) mass is 313 g/mol. The lowest BCUT2D eigenvalue weighted by molar-refractivity contribution is 0.0685. The van der Waals surface area contributed by atoms with E-state index in [0.29, 0.717) is 12.2 Å². The van der Waals surface area contributed by atoms with Gasteiger partial charge in [-0.2, -0.15) is 0 Å². The summed E-state index contributed by atoms with van der Waals surface area (Å²) in [6, 6.07) is 10.2. The number of rotatable bonds is 4. The zero-order valence-corrected chi connectivity index (χ0v) is 13.8. The fourth-order valence-corrected chi connectivity index (χ4v) is 3.26. The molecule has 0 saturated heterocycles. The largest absolute Gasteiger partial charge is 0.331 e. The van der Waals surface area contributed by atoms with Crippen molar-refractivity contribution in [1.29, 1.82) is 0 Å². The summed E-state index contributed by atoms with van der Waals surface area (Å²) in [6.45, 7) is 6.68. The van der Waals surface area contributed by atoms with E-state index >= 15 is 0 Å². The molecule has 0 aliphatic heterocycles. The molecule has 0 radical (unpaired) electrons. The second-order valence-corrected chi connectivity index (χ2v) is 6.50. The number of thiazole rings is 1. The van der Waals surface area contributed by atoms with Crippen molar-refractivity contribution in [3.63, 3.8) is 0 Å². The van der Waals surface area contributed by atoms with E-state index < -0.39 is 0 Å². The van der Waals surface area contributed by atoms with Crippen LogP contribution in [0.15, 0.2) is 41.9 Å². The Morgan fingerprint density at radius 2 is 2.05 bits per heavy atom. The fraction of sp³-hybridized carbons (Fsp3) is 0.294. The number of fused-ring (bicyclic) bond motifs is 1. The summed E-state index contributed by atoms with van der Waals surface area (Å²) in [5.41, 5.74) is 2.74. The van der Waals surface area contributed by atoms with Crippen molar-refractivity contribution in [1.82, 2.24) is 14.3 Å². The Morgan fingerprint density at radius 3 is 2.68 bits per heavy atom. The molecule has 0 N–H and O–H groups in total. The van der Waals surface area contributed by atoms with Crippen molar-refractivity contribution >= 4 is 22.2 Å². The number of benzene rings is 1. The Labute approximate surface area is 134 Å². The van der Waals surface area contributed by atoms with Crippen LogP contribution in [0, 0.1) is 6.92 Å². The molecule has 5 heteroatoms. The molecule has 114 valence electrons. The topological polar surface area (TPSA) is 37.6 Å². The molecule has 2 aromatic heterocycles. The smallest absolute Gasteiger partial charge is 0.274 e. The Balaban J connectivity index is 1.88. The number of imidazole rings is 1. The molecule has 0 saturated carbocycles. The zero-order chi connectivity index (χ0) is 15.7. The molecular formula is C17H19N3OS. The Kier molecular flexibility index (Phi) is 3.98. The van der Waals surface area contributed by atoms with E-state index in [2.05, 4.69) is 4.98 Å². The molecule has 0 atom stereocenters. The van der Waals surface area contributed by atoms with Gasteiger partial charge in [0.1, 0.15) is 5.69 Å². The van der Waals surface area contributed by atoms with Gasteiger partial charge in [-0.15, -0.1) is 11.3 Å². The molecule has 3 aromatic rings. The van der Waals surface area contributed by atoms with Gasteiger partial charge < -0.3 is 4.90 Å². The molecule has 0 spiro atoms. The second-order valence-electron chi connectivity index (χ2n) is 5.67. The van der Waals surface area contributed by atoms with Crippen LogP contribution in [0.2, 0.25) is 0 Å². The average Bonchev–Trinajstić information content (AvgIpc) is 3.07. The van der Waals surface area contributed by atoms with Crippen LogP contribution in [0.1, 0.15) is 35.6 Å².